The van der Waals surface area contributed by atoms with Crippen molar-refractivity contribution in [1.29, 1.82) is 0 Å². The van der Waals surface area contributed by atoms with Crippen molar-refractivity contribution >= 4 is 17.1 Å². The van der Waals surface area contributed by atoms with Crippen molar-refractivity contribution in [3.05, 3.63) is 160 Å². The van der Waals surface area contributed by atoms with Crippen molar-refractivity contribution in [2.75, 3.05) is 4.90 Å². The van der Waals surface area contributed by atoms with Crippen molar-refractivity contribution in [2.45, 2.75) is 135 Å². The van der Waals surface area contributed by atoms with Gasteiger partial charge in [0.25, 0.3) is 0 Å². The summed E-state index contributed by atoms with van der Waals surface area (Å²) < 4.78 is 0. The van der Waals surface area contributed by atoms with Gasteiger partial charge in [0.05, 0.1) is 5.69 Å². The maximum absolute atomic E-state index is 2.64. The van der Waals surface area contributed by atoms with E-state index in [0.717, 1.165) is 12.8 Å². The molecular formula is C57H63N. The SMILES string of the molecule is CC(C)(C)c1cc(-c2cccc(-c3cc4c(c(N(c5cccc(C6CCCCC6)c5)c5ccc6c(c5)C(C)(C)c5ccccc5-6)c3)CCCC4)c2)cc(C(C)(C)C)c1. The van der Waals surface area contributed by atoms with E-state index >= 15 is 0 Å². The molecule has 0 atom stereocenters. The number of hydrogen-bond acceptors (Lipinski definition) is 1. The van der Waals surface area contributed by atoms with Gasteiger partial charge in [0.15, 0.2) is 0 Å². The van der Waals surface area contributed by atoms with Crippen LogP contribution in [-0.4, -0.2) is 0 Å². The minimum Gasteiger partial charge on any atom is -0.310 e. The summed E-state index contributed by atoms with van der Waals surface area (Å²) in [6, 6.07) is 47.8. The third kappa shape index (κ3) is 7.14. The number of benzene rings is 6. The molecule has 1 nitrogen and oxygen atoms in total. The van der Waals surface area contributed by atoms with Gasteiger partial charge >= 0.3 is 0 Å². The molecule has 58 heavy (non-hydrogen) atoms. The highest BCUT2D eigenvalue weighted by atomic mass is 15.1. The Hall–Kier alpha value is -4.88. The average molecular weight is 762 g/mol. The van der Waals surface area contributed by atoms with Gasteiger partial charge in [-0.3, -0.25) is 0 Å². The summed E-state index contributed by atoms with van der Waals surface area (Å²) in [7, 11) is 0. The van der Waals surface area contributed by atoms with Gasteiger partial charge in [-0.05, 0) is 164 Å². The summed E-state index contributed by atoms with van der Waals surface area (Å²) in [5.74, 6) is 0.641. The van der Waals surface area contributed by atoms with Crippen molar-refractivity contribution in [3.8, 4) is 33.4 Å². The number of anilines is 3. The summed E-state index contributed by atoms with van der Waals surface area (Å²) in [6.45, 7) is 18.8. The summed E-state index contributed by atoms with van der Waals surface area (Å²) in [5.41, 5.74) is 22.0. The van der Waals surface area contributed by atoms with Crippen LogP contribution in [0, 0.1) is 0 Å². The zero-order valence-corrected chi connectivity index (χ0v) is 36.4. The fourth-order valence-electron chi connectivity index (χ4n) is 10.4. The Kier molecular flexibility index (Phi) is 9.82. The number of nitrogens with zero attached hydrogens (tertiary/aromatic N) is 1. The molecule has 0 aromatic heterocycles. The molecule has 3 aliphatic rings. The Morgan fingerprint density at radius 1 is 0.500 bits per heavy atom. The highest BCUT2D eigenvalue weighted by Crippen LogP contribution is 2.52. The molecule has 0 spiro atoms. The van der Waals surface area contributed by atoms with Crippen molar-refractivity contribution in [2.24, 2.45) is 0 Å². The normalized spacial score (nSPS) is 16.4. The van der Waals surface area contributed by atoms with Crippen molar-refractivity contribution in [1.82, 2.24) is 0 Å². The van der Waals surface area contributed by atoms with E-state index in [-0.39, 0.29) is 16.2 Å². The lowest BCUT2D eigenvalue weighted by Gasteiger charge is -2.33. The van der Waals surface area contributed by atoms with Crippen LogP contribution in [0.5, 0.6) is 0 Å². The van der Waals surface area contributed by atoms with Gasteiger partial charge in [0.2, 0.25) is 0 Å². The third-order valence-corrected chi connectivity index (χ3v) is 13.9. The fourth-order valence-corrected chi connectivity index (χ4v) is 10.4. The van der Waals surface area contributed by atoms with E-state index in [2.05, 4.69) is 182 Å². The van der Waals surface area contributed by atoms with Crippen LogP contribution < -0.4 is 4.90 Å². The molecule has 0 bridgehead atoms. The van der Waals surface area contributed by atoms with Gasteiger partial charge in [0, 0.05) is 16.8 Å². The Bertz CT molecular complexity index is 2460. The van der Waals surface area contributed by atoms with Crippen LogP contribution in [0.15, 0.2) is 121 Å². The maximum atomic E-state index is 2.64. The van der Waals surface area contributed by atoms with Gasteiger partial charge in [-0.1, -0.05) is 160 Å². The molecule has 9 rings (SSSR count). The topological polar surface area (TPSA) is 3.24 Å². The zero-order chi connectivity index (χ0) is 40.4. The Morgan fingerprint density at radius 3 is 1.86 bits per heavy atom. The first kappa shape index (κ1) is 38.6. The van der Waals surface area contributed by atoms with Crippen LogP contribution in [0.1, 0.15) is 145 Å². The van der Waals surface area contributed by atoms with E-state index in [1.54, 1.807) is 0 Å². The van der Waals surface area contributed by atoms with Gasteiger partial charge in [-0.25, -0.2) is 0 Å². The number of fused-ring (bicyclic) bond motifs is 4. The summed E-state index contributed by atoms with van der Waals surface area (Å²) in [6.07, 6.45) is 11.4. The van der Waals surface area contributed by atoms with Gasteiger partial charge in [-0.2, -0.15) is 0 Å². The predicted octanol–water partition coefficient (Wildman–Crippen LogP) is 16.3. The van der Waals surface area contributed by atoms with E-state index < -0.39 is 0 Å². The first-order valence-electron chi connectivity index (χ1n) is 22.3. The zero-order valence-electron chi connectivity index (χ0n) is 36.4. The molecule has 0 amide bonds. The molecular weight excluding hydrogens is 699 g/mol. The van der Waals surface area contributed by atoms with Gasteiger partial charge in [-0.15, -0.1) is 0 Å². The van der Waals surface area contributed by atoms with Crippen LogP contribution >= 0.6 is 0 Å². The lowest BCUT2D eigenvalue weighted by molar-refractivity contribution is 0.443. The highest BCUT2D eigenvalue weighted by molar-refractivity contribution is 5.88. The number of hydrogen-bond donors (Lipinski definition) is 0. The summed E-state index contributed by atoms with van der Waals surface area (Å²) in [4.78, 5) is 2.64. The molecule has 0 saturated heterocycles. The highest BCUT2D eigenvalue weighted by Gasteiger charge is 2.36. The second-order valence-electron chi connectivity index (χ2n) is 20.4. The average Bonchev–Trinajstić information content (AvgIpc) is 3.46. The van der Waals surface area contributed by atoms with E-state index in [1.807, 2.05) is 0 Å². The van der Waals surface area contributed by atoms with Crippen molar-refractivity contribution in [3.63, 3.8) is 0 Å². The summed E-state index contributed by atoms with van der Waals surface area (Å²) in [5, 5.41) is 0. The van der Waals surface area contributed by atoms with Gasteiger partial charge in [0.1, 0.15) is 0 Å². The van der Waals surface area contributed by atoms with Crippen LogP contribution in [-0.2, 0) is 29.1 Å². The molecule has 1 heteroatoms. The Balaban J connectivity index is 1.22. The van der Waals surface area contributed by atoms with Gasteiger partial charge < -0.3 is 4.90 Å². The smallest absolute Gasteiger partial charge is 0.0502 e. The van der Waals surface area contributed by atoms with E-state index in [1.165, 1.54) is 134 Å². The Labute approximate surface area is 349 Å². The lowest BCUT2D eigenvalue weighted by Crippen LogP contribution is -2.18. The Morgan fingerprint density at radius 2 is 1.14 bits per heavy atom. The third-order valence-electron chi connectivity index (χ3n) is 13.9. The molecule has 0 radical (unpaired) electrons. The molecule has 0 unspecified atom stereocenters. The largest absolute Gasteiger partial charge is 0.310 e. The van der Waals surface area contributed by atoms with Crippen LogP contribution in [0.4, 0.5) is 17.1 Å². The number of aryl methyl sites for hydroxylation is 1. The predicted molar refractivity (Wildman–Crippen MR) is 249 cm³/mol. The molecule has 1 fully saturated rings. The molecule has 1 saturated carbocycles. The van der Waals surface area contributed by atoms with Crippen molar-refractivity contribution < 1.29 is 0 Å². The molecule has 3 aliphatic carbocycles. The maximum Gasteiger partial charge on any atom is 0.0502 e. The van der Waals surface area contributed by atoms with E-state index in [9.17, 15) is 0 Å². The minimum atomic E-state index is -0.0730. The van der Waals surface area contributed by atoms with Crippen LogP contribution in [0.3, 0.4) is 0 Å². The first-order chi connectivity index (χ1) is 27.8. The molecule has 6 aromatic carbocycles. The monoisotopic (exact) mass is 761 g/mol. The second kappa shape index (κ2) is 14.7. The molecule has 0 heterocycles. The molecule has 6 aromatic rings. The van der Waals surface area contributed by atoms with E-state index in [0.29, 0.717) is 5.92 Å². The van der Waals surface area contributed by atoms with E-state index in [4.69, 9.17) is 0 Å². The quantitative estimate of drug-likeness (QED) is 0.163. The van der Waals surface area contributed by atoms with Crippen LogP contribution in [0.25, 0.3) is 33.4 Å². The summed E-state index contributed by atoms with van der Waals surface area (Å²) >= 11 is 0. The molecule has 0 N–H and O–H groups in total. The molecule has 296 valence electrons. The lowest BCUT2D eigenvalue weighted by atomic mass is 9.79. The first-order valence-corrected chi connectivity index (χ1v) is 22.3. The standard InChI is InChI=1S/C57H63N/c1-55(2,3)45-32-44(33-46(36-45)56(4,5)6)40-22-16-21-39(30-40)43-31-42-20-12-13-25-49(42)54(35-43)58(47-24-17-23-41(34-47)38-18-10-9-11-19-38)48-28-29-51-50-26-14-15-27-52(50)57(7,8)53(51)37-48/h14-17,21-24,26-38H,9-13,18-20,25H2,1-8H3. The minimum absolute atomic E-state index is 0.0638. The second-order valence-corrected chi connectivity index (χ2v) is 20.4. The number of rotatable bonds is 6. The molecule has 0 aliphatic heterocycles. The fraction of sp³-hybridized carbons (Fsp3) is 0.368. The van der Waals surface area contributed by atoms with Crippen LogP contribution in [0.2, 0.25) is 0 Å².